The quantitative estimate of drug-likeness (QED) is 0.705. The van der Waals surface area contributed by atoms with Crippen molar-refractivity contribution in [3.8, 4) is 0 Å². The van der Waals surface area contributed by atoms with E-state index in [0.717, 1.165) is 11.7 Å². The van der Waals surface area contributed by atoms with Gasteiger partial charge >= 0.3 is 0 Å². The molecule has 0 radical (unpaired) electrons. The average molecular weight is 387 g/mol. The molecule has 4 nitrogen and oxygen atoms in total. The van der Waals surface area contributed by atoms with Crippen molar-refractivity contribution in [1.82, 2.24) is 8.75 Å². The lowest BCUT2D eigenvalue weighted by Gasteiger charge is -2.08. The lowest BCUT2D eigenvalue weighted by atomic mass is 10.2. The van der Waals surface area contributed by atoms with Gasteiger partial charge in [0.2, 0.25) is 0 Å². The van der Waals surface area contributed by atoms with E-state index in [2.05, 4.69) is 30.0 Å². The maximum absolute atomic E-state index is 13.8. The molecule has 0 fully saturated rings. The van der Waals surface area contributed by atoms with Gasteiger partial charge in [-0.1, -0.05) is 27.5 Å². The zero-order valence-electron chi connectivity index (χ0n) is 10.2. The molecule has 1 heterocycles. The van der Waals surface area contributed by atoms with E-state index in [1.807, 2.05) is 0 Å². The number of halogens is 3. The van der Waals surface area contributed by atoms with Gasteiger partial charge in [-0.3, -0.25) is 4.79 Å². The van der Waals surface area contributed by atoms with Crippen LogP contribution in [-0.2, 0) is 0 Å². The zero-order chi connectivity index (χ0) is 15.0. The summed E-state index contributed by atoms with van der Waals surface area (Å²) in [4.78, 5) is 12.2. The molecule has 21 heavy (non-hydrogen) atoms. The summed E-state index contributed by atoms with van der Waals surface area (Å²) in [7, 11) is 0. The van der Waals surface area contributed by atoms with Crippen molar-refractivity contribution in [2.24, 2.45) is 0 Å². The fourth-order valence-corrected chi connectivity index (χ4v) is 2.88. The second-order valence-corrected chi connectivity index (χ2v) is 5.98. The number of amides is 1. The molecular formula is C13H6BrClFN3OS. The molecule has 0 aliphatic heterocycles. The molecule has 0 bridgehead atoms. The van der Waals surface area contributed by atoms with E-state index in [0.29, 0.717) is 26.2 Å². The SMILES string of the molecule is O=C(Nc1c(Cl)ccc2nsnc12)c1ccc(Br)cc1F. The number of fused-ring (bicyclic) bond motifs is 1. The normalized spacial score (nSPS) is 10.8. The minimum Gasteiger partial charge on any atom is -0.319 e. The third kappa shape index (κ3) is 2.76. The van der Waals surface area contributed by atoms with Crippen LogP contribution in [0.2, 0.25) is 5.02 Å². The first-order valence-electron chi connectivity index (χ1n) is 5.73. The van der Waals surface area contributed by atoms with E-state index < -0.39 is 11.7 Å². The number of nitrogens with zero attached hydrogens (tertiary/aromatic N) is 2. The molecule has 8 heteroatoms. The minimum atomic E-state index is -0.624. The Kier molecular flexibility index (Phi) is 3.88. The standard InChI is InChI=1S/C13H6BrClFN3OS/c14-6-1-2-7(9(16)5-6)13(20)17-11-8(15)3-4-10-12(11)19-21-18-10/h1-5H,(H,17,20). The van der Waals surface area contributed by atoms with Crippen molar-refractivity contribution in [2.75, 3.05) is 5.32 Å². The van der Waals surface area contributed by atoms with E-state index in [-0.39, 0.29) is 5.56 Å². The summed E-state index contributed by atoms with van der Waals surface area (Å²) in [6, 6.07) is 7.52. The number of rotatable bonds is 2. The van der Waals surface area contributed by atoms with Gasteiger partial charge in [-0.2, -0.15) is 8.75 Å². The van der Waals surface area contributed by atoms with Crippen molar-refractivity contribution in [3.63, 3.8) is 0 Å². The molecule has 3 aromatic rings. The van der Waals surface area contributed by atoms with Gasteiger partial charge in [-0.05, 0) is 30.3 Å². The number of nitrogens with one attached hydrogen (secondary N) is 1. The van der Waals surface area contributed by atoms with Crippen LogP contribution < -0.4 is 5.32 Å². The van der Waals surface area contributed by atoms with E-state index in [1.54, 1.807) is 18.2 Å². The third-order valence-corrected chi connectivity index (χ3v) is 4.14. The molecule has 0 aliphatic rings. The highest BCUT2D eigenvalue weighted by Gasteiger charge is 2.16. The molecule has 0 saturated heterocycles. The van der Waals surface area contributed by atoms with Crippen LogP contribution in [0.1, 0.15) is 10.4 Å². The van der Waals surface area contributed by atoms with Crippen molar-refractivity contribution in [1.29, 1.82) is 0 Å². The van der Waals surface area contributed by atoms with Crippen LogP contribution in [0.15, 0.2) is 34.8 Å². The fraction of sp³-hybridized carbons (Fsp3) is 0. The molecular weight excluding hydrogens is 381 g/mol. The number of benzene rings is 2. The van der Waals surface area contributed by atoms with Crippen molar-refractivity contribution < 1.29 is 9.18 Å². The van der Waals surface area contributed by atoms with Crippen LogP contribution in [0.25, 0.3) is 11.0 Å². The van der Waals surface area contributed by atoms with E-state index >= 15 is 0 Å². The minimum absolute atomic E-state index is 0.0746. The molecule has 0 aliphatic carbocycles. The van der Waals surface area contributed by atoms with Crippen LogP contribution in [-0.4, -0.2) is 14.7 Å². The Morgan fingerprint density at radius 3 is 2.86 bits per heavy atom. The van der Waals surface area contributed by atoms with Gasteiger partial charge in [0.1, 0.15) is 16.9 Å². The molecule has 2 aromatic carbocycles. The predicted octanol–water partition coefficient (Wildman–Crippen LogP) is 4.50. The number of hydrogen-bond acceptors (Lipinski definition) is 4. The predicted molar refractivity (Wildman–Crippen MR) is 84.5 cm³/mol. The maximum atomic E-state index is 13.8. The molecule has 0 spiro atoms. The van der Waals surface area contributed by atoms with Crippen LogP contribution >= 0.6 is 39.3 Å². The average Bonchev–Trinajstić information content (AvgIpc) is 2.90. The Bertz CT molecular complexity index is 855. The van der Waals surface area contributed by atoms with Gasteiger partial charge in [-0.25, -0.2) is 4.39 Å². The highest BCUT2D eigenvalue weighted by atomic mass is 79.9. The molecule has 0 unspecified atom stereocenters. The highest BCUT2D eigenvalue weighted by molar-refractivity contribution is 9.10. The lowest BCUT2D eigenvalue weighted by molar-refractivity contribution is 0.102. The first kappa shape index (κ1) is 14.4. The molecule has 3 rings (SSSR count). The summed E-state index contributed by atoms with van der Waals surface area (Å²) in [5.41, 5.74) is 1.36. The Labute approximate surface area is 136 Å². The number of hydrogen-bond donors (Lipinski definition) is 1. The number of carbonyl (C=O) groups is 1. The second kappa shape index (κ2) is 5.67. The lowest BCUT2D eigenvalue weighted by Crippen LogP contribution is -2.14. The van der Waals surface area contributed by atoms with Gasteiger partial charge in [0, 0.05) is 4.47 Å². The van der Waals surface area contributed by atoms with Crippen LogP contribution in [0, 0.1) is 5.82 Å². The Hall–Kier alpha value is -1.57. The molecule has 106 valence electrons. The first-order chi connectivity index (χ1) is 10.1. The zero-order valence-corrected chi connectivity index (χ0v) is 13.4. The Morgan fingerprint density at radius 1 is 1.29 bits per heavy atom. The van der Waals surface area contributed by atoms with Gasteiger partial charge in [0.25, 0.3) is 5.91 Å². The summed E-state index contributed by atoms with van der Waals surface area (Å²) in [5.74, 6) is -1.22. The van der Waals surface area contributed by atoms with Gasteiger partial charge in [0.15, 0.2) is 0 Å². The van der Waals surface area contributed by atoms with E-state index in [1.165, 1.54) is 12.1 Å². The topological polar surface area (TPSA) is 54.9 Å². The third-order valence-electron chi connectivity index (χ3n) is 2.79. The smallest absolute Gasteiger partial charge is 0.258 e. The largest absolute Gasteiger partial charge is 0.319 e. The van der Waals surface area contributed by atoms with Gasteiger partial charge < -0.3 is 5.32 Å². The number of aromatic nitrogens is 2. The summed E-state index contributed by atoms with van der Waals surface area (Å²) in [6.45, 7) is 0. The molecule has 1 amide bonds. The van der Waals surface area contributed by atoms with Crippen LogP contribution in [0.3, 0.4) is 0 Å². The monoisotopic (exact) mass is 385 g/mol. The van der Waals surface area contributed by atoms with E-state index in [4.69, 9.17) is 11.6 Å². The maximum Gasteiger partial charge on any atom is 0.258 e. The van der Waals surface area contributed by atoms with Crippen molar-refractivity contribution in [3.05, 3.63) is 51.2 Å². The summed E-state index contributed by atoms with van der Waals surface area (Å²) >= 11 is 10.2. The van der Waals surface area contributed by atoms with Crippen LogP contribution in [0.4, 0.5) is 10.1 Å². The molecule has 1 N–H and O–H groups in total. The first-order valence-corrected chi connectivity index (χ1v) is 7.63. The Morgan fingerprint density at radius 2 is 2.10 bits per heavy atom. The van der Waals surface area contributed by atoms with Gasteiger partial charge in [-0.15, -0.1) is 0 Å². The molecule has 0 atom stereocenters. The highest BCUT2D eigenvalue weighted by Crippen LogP contribution is 2.30. The second-order valence-electron chi connectivity index (χ2n) is 4.13. The molecule has 0 saturated carbocycles. The van der Waals surface area contributed by atoms with Crippen molar-refractivity contribution >= 4 is 61.9 Å². The summed E-state index contributed by atoms with van der Waals surface area (Å²) < 4.78 is 22.5. The van der Waals surface area contributed by atoms with E-state index in [9.17, 15) is 9.18 Å². The summed E-state index contributed by atoms with van der Waals surface area (Å²) in [5, 5.41) is 2.91. The summed E-state index contributed by atoms with van der Waals surface area (Å²) in [6.07, 6.45) is 0. The fourth-order valence-electron chi connectivity index (χ4n) is 1.80. The number of carbonyl (C=O) groups excluding carboxylic acids is 1. The van der Waals surface area contributed by atoms with Gasteiger partial charge in [0.05, 0.1) is 28.0 Å². The molecule has 1 aromatic heterocycles. The number of anilines is 1. The van der Waals surface area contributed by atoms with Crippen molar-refractivity contribution in [2.45, 2.75) is 0 Å². The van der Waals surface area contributed by atoms with Crippen LogP contribution in [0.5, 0.6) is 0 Å². The Balaban J connectivity index is 2.00.